The number of pyridine rings is 1. The minimum absolute atomic E-state index is 0.253. The molecule has 1 N–H and O–H groups in total. The van der Waals surface area contributed by atoms with Gasteiger partial charge in [0.15, 0.2) is 0 Å². The van der Waals surface area contributed by atoms with E-state index in [0.717, 1.165) is 5.69 Å². The summed E-state index contributed by atoms with van der Waals surface area (Å²) in [5.74, 6) is -0.260. The molecule has 0 radical (unpaired) electrons. The second-order valence-corrected chi connectivity index (χ2v) is 4.45. The number of aryl methyl sites for hydroxylation is 1. The second kappa shape index (κ2) is 5.01. The maximum absolute atomic E-state index is 10.8. The molecule has 2 heterocycles. The zero-order valence-electron chi connectivity index (χ0n) is 9.20. The molecule has 2 aromatic rings. The van der Waals surface area contributed by atoms with E-state index < -0.39 is 5.97 Å². The monoisotopic (exact) mass is 249 g/mol. The molecule has 2 aromatic heterocycles. The van der Waals surface area contributed by atoms with Crippen LogP contribution in [0.25, 0.3) is 0 Å². The summed E-state index contributed by atoms with van der Waals surface area (Å²) in [7, 11) is 1.86. The number of aromatic nitrogens is 3. The molecule has 6 heteroatoms. The van der Waals surface area contributed by atoms with Gasteiger partial charge in [-0.1, -0.05) is 11.8 Å². The third kappa shape index (κ3) is 3.07. The molecule has 88 valence electrons. The van der Waals surface area contributed by atoms with E-state index in [1.54, 1.807) is 10.7 Å². The number of carboxylic acid groups (broad SMARTS) is 1. The standard InChI is InChI=1S/C11H11N3O2S/c1-14-5-3-9(13-14)7-17-10-6-8(11(15)16)2-4-12-10/h2-6H,7H2,1H3,(H,15,16). The van der Waals surface area contributed by atoms with Crippen LogP contribution in [0, 0.1) is 0 Å². The minimum Gasteiger partial charge on any atom is -0.478 e. The maximum atomic E-state index is 10.8. The Bertz CT molecular complexity index is 539. The number of carboxylic acids is 1. The second-order valence-electron chi connectivity index (χ2n) is 3.46. The van der Waals surface area contributed by atoms with Crippen molar-refractivity contribution in [2.75, 3.05) is 0 Å². The first-order chi connectivity index (χ1) is 8.15. The van der Waals surface area contributed by atoms with Crippen molar-refractivity contribution in [3.05, 3.63) is 41.9 Å². The Morgan fingerprint density at radius 2 is 2.35 bits per heavy atom. The van der Waals surface area contributed by atoms with Gasteiger partial charge in [-0.25, -0.2) is 9.78 Å². The molecular weight excluding hydrogens is 238 g/mol. The number of rotatable bonds is 4. The smallest absolute Gasteiger partial charge is 0.335 e. The fourth-order valence-corrected chi connectivity index (χ4v) is 2.10. The fourth-order valence-electron chi connectivity index (χ4n) is 1.31. The molecule has 0 fully saturated rings. The molecule has 0 saturated heterocycles. The molecule has 0 spiro atoms. The molecule has 0 bridgehead atoms. The average molecular weight is 249 g/mol. The molecule has 0 aliphatic heterocycles. The van der Waals surface area contributed by atoms with Crippen LogP contribution < -0.4 is 0 Å². The predicted octanol–water partition coefficient (Wildman–Crippen LogP) is 1.81. The van der Waals surface area contributed by atoms with Crippen LogP contribution in [-0.2, 0) is 12.8 Å². The summed E-state index contributed by atoms with van der Waals surface area (Å²) in [6, 6.07) is 4.97. The highest BCUT2D eigenvalue weighted by Crippen LogP contribution is 2.20. The molecule has 0 atom stereocenters. The Labute approximate surface area is 102 Å². The number of nitrogens with zero attached hydrogens (tertiary/aromatic N) is 3. The van der Waals surface area contributed by atoms with E-state index in [1.165, 1.54) is 24.0 Å². The molecule has 17 heavy (non-hydrogen) atoms. The van der Waals surface area contributed by atoms with Crippen LogP contribution in [0.5, 0.6) is 0 Å². The first-order valence-electron chi connectivity index (χ1n) is 4.96. The van der Waals surface area contributed by atoms with Gasteiger partial charge in [0.25, 0.3) is 0 Å². The molecule has 0 aromatic carbocycles. The summed E-state index contributed by atoms with van der Waals surface area (Å²) in [5.41, 5.74) is 1.20. The Morgan fingerprint density at radius 1 is 1.53 bits per heavy atom. The summed E-state index contributed by atoms with van der Waals surface area (Å²) < 4.78 is 1.73. The Hall–Kier alpha value is -1.82. The van der Waals surface area contributed by atoms with Gasteiger partial charge in [-0.05, 0) is 18.2 Å². The highest BCUT2D eigenvalue weighted by atomic mass is 32.2. The molecule has 0 saturated carbocycles. The number of hydrogen-bond donors (Lipinski definition) is 1. The van der Waals surface area contributed by atoms with Crippen molar-refractivity contribution in [3.8, 4) is 0 Å². The molecule has 0 unspecified atom stereocenters. The van der Waals surface area contributed by atoms with Crippen LogP contribution >= 0.6 is 11.8 Å². The van der Waals surface area contributed by atoms with Gasteiger partial charge in [-0.2, -0.15) is 5.10 Å². The lowest BCUT2D eigenvalue weighted by molar-refractivity contribution is 0.0696. The molecule has 0 aliphatic carbocycles. The van der Waals surface area contributed by atoms with E-state index in [1.807, 2.05) is 19.3 Å². The van der Waals surface area contributed by atoms with Gasteiger partial charge >= 0.3 is 5.97 Å². The Morgan fingerprint density at radius 3 is 3.00 bits per heavy atom. The SMILES string of the molecule is Cn1ccc(CSc2cc(C(=O)O)ccn2)n1. The largest absolute Gasteiger partial charge is 0.478 e. The van der Waals surface area contributed by atoms with Gasteiger partial charge in [-0.15, -0.1) is 0 Å². The van der Waals surface area contributed by atoms with Crippen molar-refractivity contribution < 1.29 is 9.90 Å². The van der Waals surface area contributed by atoms with E-state index in [-0.39, 0.29) is 5.56 Å². The van der Waals surface area contributed by atoms with Crippen LogP contribution in [0.2, 0.25) is 0 Å². The van der Waals surface area contributed by atoms with Crippen molar-refractivity contribution in [1.82, 2.24) is 14.8 Å². The molecular formula is C11H11N3O2S. The van der Waals surface area contributed by atoms with Crippen molar-refractivity contribution in [3.63, 3.8) is 0 Å². The van der Waals surface area contributed by atoms with E-state index in [2.05, 4.69) is 10.1 Å². The zero-order valence-corrected chi connectivity index (χ0v) is 10.0. The number of aromatic carboxylic acids is 1. The number of thioether (sulfide) groups is 1. The van der Waals surface area contributed by atoms with Crippen molar-refractivity contribution in [1.29, 1.82) is 0 Å². The number of carbonyl (C=O) groups is 1. The Balaban J connectivity index is 2.04. The van der Waals surface area contributed by atoms with Crippen LogP contribution in [0.15, 0.2) is 35.6 Å². The minimum atomic E-state index is -0.938. The Kier molecular flexibility index (Phi) is 3.43. The molecule has 2 rings (SSSR count). The van der Waals surface area contributed by atoms with Crippen molar-refractivity contribution in [2.45, 2.75) is 10.8 Å². The topological polar surface area (TPSA) is 68.0 Å². The normalized spacial score (nSPS) is 10.4. The summed E-state index contributed by atoms with van der Waals surface area (Å²) in [6.07, 6.45) is 3.38. The highest BCUT2D eigenvalue weighted by Gasteiger charge is 2.05. The third-order valence-electron chi connectivity index (χ3n) is 2.12. The van der Waals surface area contributed by atoms with Gasteiger partial charge in [0.2, 0.25) is 0 Å². The molecule has 0 amide bonds. The quantitative estimate of drug-likeness (QED) is 0.837. The zero-order chi connectivity index (χ0) is 12.3. The van der Waals surface area contributed by atoms with Gasteiger partial charge in [0, 0.05) is 25.2 Å². The highest BCUT2D eigenvalue weighted by molar-refractivity contribution is 7.98. The predicted molar refractivity (Wildman–Crippen MR) is 64.0 cm³/mol. The van der Waals surface area contributed by atoms with Crippen molar-refractivity contribution >= 4 is 17.7 Å². The lowest BCUT2D eigenvalue weighted by Crippen LogP contribution is -1.97. The molecule has 0 aliphatic rings. The lowest BCUT2D eigenvalue weighted by Gasteiger charge is -1.99. The van der Waals surface area contributed by atoms with Gasteiger partial charge < -0.3 is 5.11 Å². The fraction of sp³-hybridized carbons (Fsp3) is 0.182. The van der Waals surface area contributed by atoms with E-state index >= 15 is 0 Å². The maximum Gasteiger partial charge on any atom is 0.335 e. The van der Waals surface area contributed by atoms with Gasteiger partial charge in [-0.3, -0.25) is 4.68 Å². The average Bonchev–Trinajstić information content (AvgIpc) is 2.73. The van der Waals surface area contributed by atoms with Crippen molar-refractivity contribution in [2.24, 2.45) is 7.05 Å². The van der Waals surface area contributed by atoms with Crippen LogP contribution in [0.4, 0.5) is 0 Å². The van der Waals surface area contributed by atoms with E-state index in [4.69, 9.17) is 5.11 Å². The lowest BCUT2D eigenvalue weighted by atomic mass is 10.3. The van der Waals surface area contributed by atoms with Crippen LogP contribution in [-0.4, -0.2) is 25.8 Å². The first-order valence-corrected chi connectivity index (χ1v) is 5.94. The third-order valence-corrected chi connectivity index (χ3v) is 3.08. The molecule has 5 nitrogen and oxygen atoms in total. The summed E-state index contributed by atoms with van der Waals surface area (Å²) >= 11 is 1.47. The van der Waals surface area contributed by atoms with Crippen LogP contribution in [0.3, 0.4) is 0 Å². The summed E-state index contributed by atoms with van der Waals surface area (Å²) in [4.78, 5) is 14.9. The van der Waals surface area contributed by atoms with Crippen LogP contribution in [0.1, 0.15) is 16.1 Å². The number of hydrogen-bond acceptors (Lipinski definition) is 4. The summed E-state index contributed by atoms with van der Waals surface area (Å²) in [5, 5.41) is 13.8. The first kappa shape index (κ1) is 11.7. The van der Waals surface area contributed by atoms with E-state index in [9.17, 15) is 4.79 Å². The van der Waals surface area contributed by atoms with Gasteiger partial charge in [0.05, 0.1) is 16.3 Å². The van der Waals surface area contributed by atoms with Gasteiger partial charge in [0.1, 0.15) is 0 Å². The summed E-state index contributed by atoms with van der Waals surface area (Å²) in [6.45, 7) is 0. The van der Waals surface area contributed by atoms with E-state index in [0.29, 0.717) is 10.8 Å².